The van der Waals surface area contributed by atoms with Gasteiger partial charge in [-0.1, -0.05) is 32.1 Å². The molecule has 114 valence electrons. The molecule has 1 saturated carbocycles. The second-order valence-corrected chi connectivity index (χ2v) is 5.80. The summed E-state index contributed by atoms with van der Waals surface area (Å²) in [5.74, 6) is 0.626. The van der Waals surface area contributed by atoms with E-state index in [1.54, 1.807) is 0 Å². The van der Waals surface area contributed by atoms with Gasteiger partial charge in [0, 0.05) is 6.04 Å². The highest BCUT2D eigenvalue weighted by Crippen LogP contribution is 2.27. The van der Waals surface area contributed by atoms with Crippen LogP contribution in [0.1, 0.15) is 57.8 Å². The Balaban J connectivity index is 2.30. The minimum Gasteiger partial charge on any atom is -0.379 e. The van der Waals surface area contributed by atoms with Crippen molar-refractivity contribution in [2.75, 3.05) is 6.54 Å². The van der Waals surface area contributed by atoms with Crippen LogP contribution >= 0.6 is 0 Å². The summed E-state index contributed by atoms with van der Waals surface area (Å²) in [5, 5.41) is 22.6. The Bertz CT molecular complexity index is 221. The third-order valence-corrected chi connectivity index (χ3v) is 4.06. The number of unbranched alkanes of at least 4 members (excludes halogenated alkanes) is 1. The van der Waals surface area contributed by atoms with Crippen molar-refractivity contribution in [3.8, 4) is 0 Å². The average Bonchev–Trinajstić information content (AvgIpc) is 2.39. The van der Waals surface area contributed by atoms with Crippen molar-refractivity contribution in [2.45, 2.75) is 76.3 Å². The van der Waals surface area contributed by atoms with Crippen LogP contribution in [0.3, 0.4) is 0 Å². The third kappa shape index (κ3) is 7.22. The molecule has 19 heavy (non-hydrogen) atoms. The third-order valence-electron chi connectivity index (χ3n) is 4.06. The molecule has 0 bridgehead atoms. The summed E-state index contributed by atoms with van der Waals surface area (Å²) in [7, 11) is 0. The number of hydrogen-bond acceptors (Lipinski definition) is 5. The predicted molar refractivity (Wildman–Crippen MR) is 77.2 cm³/mol. The Labute approximate surface area is 116 Å². The summed E-state index contributed by atoms with van der Waals surface area (Å²) < 4.78 is 0. The highest BCUT2D eigenvalue weighted by molar-refractivity contribution is 4.78. The quantitative estimate of drug-likeness (QED) is 0.313. The zero-order valence-corrected chi connectivity index (χ0v) is 11.9. The number of aliphatic hydroxyl groups excluding tert-OH is 2. The molecule has 0 aromatic heterocycles. The summed E-state index contributed by atoms with van der Waals surface area (Å²) >= 11 is 0. The summed E-state index contributed by atoms with van der Waals surface area (Å²) in [6, 6.07) is -0.212. The molecule has 0 amide bonds. The fourth-order valence-corrected chi connectivity index (χ4v) is 2.90. The highest BCUT2D eigenvalue weighted by Gasteiger charge is 2.24. The van der Waals surface area contributed by atoms with Crippen molar-refractivity contribution >= 4 is 0 Å². The molecule has 3 atom stereocenters. The lowest BCUT2D eigenvalue weighted by atomic mass is 9.84. The average molecular weight is 273 g/mol. The molecule has 5 nitrogen and oxygen atoms in total. The SMILES string of the molecule is NCCCCC(O)NC(CC1CCCCC1)C(N)O. The molecule has 5 heteroatoms. The lowest BCUT2D eigenvalue weighted by molar-refractivity contribution is 0.0505. The van der Waals surface area contributed by atoms with Crippen molar-refractivity contribution in [1.82, 2.24) is 5.32 Å². The van der Waals surface area contributed by atoms with Crippen LogP contribution in [0.4, 0.5) is 0 Å². The smallest absolute Gasteiger partial charge is 0.117 e. The highest BCUT2D eigenvalue weighted by atomic mass is 16.3. The van der Waals surface area contributed by atoms with E-state index in [0.717, 1.165) is 19.3 Å². The number of rotatable bonds is 9. The van der Waals surface area contributed by atoms with Crippen LogP contribution in [0, 0.1) is 5.92 Å². The molecule has 1 aliphatic carbocycles. The minimum atomic E-state index is -0.911. The lowest BCUT2D eigenvalue weighted by Crippen LogP contribution is -2.50. The molecular formula is C14H31N3O2. The maximum absolute atomic E-state index is 9.91. The van der Waals surface area contributed by atoms with Gasteiger partial charge in [-0.15, -0.1) is 0 Å². The molecule has 3 unspecified atom stereocenters. The van der Waals surface area contributed by atoms with Crippen LogP contribution < -0.4 is 16.8 Å². The summed E-state index contributed by atoms with van der Waals surface area (Å²) in [5.41, 5.74) is 11.0. The van der Waals surface area contributed by atoms with Crippen LogP contribution in [0.25, 0.3) is 0 Å². The summed E-state index contributed by atoms with van der Waals surface area (Å²) in [6.07, 6.45) is 8.11. The first kappa shape index (κ1) is 16.9. The van der Waals surface area contributed by atoms with Crippen LogP contribution in [-0.4, -0.2) is 35.3 Å². The zero-order chi connectivity index (χ0) is 14.1. The van der Waals surface area contributed by atoms with E-state index in [2.05, 4.69) is 5.32 Å². The standard InChI is InChI=1S/C14H31N3O2/c15-9-5-4-8-13(18)17-12(14(16)19)10-11-6-2-1-3-7-11/h11-14,17-19H,1-10,15-16H2. The topological polar surface area (TPSA) is 105 Å². The van der Waals surface area contributed by atoms with E-state index >= 15 is 0 Å². The van der Waals surface area contributed by atoms with Crippen LogP contribution in [-0.2, 0) is 0 Å². The van der Waals surface area contributed by atoms with Crippen LogP contribution in [0.15, 0.2) is 0 Å². The molecule has 1 aliphatic rings. The molecule has 0 aromatic rings. The lowest BCUT2D eigenvalue weighted by Gasteiger charge is -2.30. The van der Waals surface area contributed by atoms with E-state index in [-0.39, 0.29) is 6.04 Å². The van der Waals surface area contributed by atoms with Gasteiger partial charge in [0.05, 0.1) is 0 Å². The molecule has 0 saturated heterocycles. The number of nitrogens with two attached hydrogens (primary N) is 2. The predicted octanol–water partition coefficient (Wildman–Crippen LogP) is 0.639. The normalized spacial score (nSPS) is 22.1. The fraction of sp³-hybridized carbons (Fsp3) is 1.00. The first-order valence-corrected chi connectivity index (χ1v) is 7.71. The van der Waals surface area contributed by atoms with Gasteiger partial charge in [-0.25, -0.2) is 0 Å². The van der Waals surface area contributed by atoms with Gasteiger partial charge in [-0.2, -0.15) is 0 Å². The minimum absolute atomic E-state index is 0.212. The maximum Gasteiger partial charge on any atom is 0.117 e. The van der Waals surface area contributed by atoms with E-state index in [0.29, 0.717) is 18.9 Å². The van der Waals surface area contributed by atoms with E-state index < -0.39 is 12.5 Å². The molecule has 1 rings (SSSR count). The number of aliphatic hydroxyl groups is 2. The van der Waals surface area contributed by atoms with E-state index in [4.69, 9.17) is 11.5 Å². The fourth-order valence-electron chi connectivity index (χ4n) is 2.90. The van der Waals surface area contributed by atoms with Crippen molar-refractivity contribution in [1.29, 1.82) is 0 Å². The Morgan fingerprint density at radius 1 is 1.11 bits per heavy atom. The van der Waals surface area contributed by atoms with E-state index in [1.807, 2.05) is 0 Å². The number of hydrogen-bond donors (Lipinski definition) is 5. The van der Waals surface area contributed by atoms with Crippen molar-refractivity contribution in [3.63, 3.8) is 0 Å². The van der Waals surface area contributed by atoms with Gasteiger partial charge in [-0.05, 0) is 38.1 Å². The monoisotopic (exact) mass is 273 g/mol. The molecule has 0 heterocycles. The maximum atomic E-state index is 9.91. The van der Waals surface area contributed by atoms with Crippen molar-refractivity contribution in [3.05, 3.63) is 0 Å². The van der Waals surface area contributed by atoms with Gasteiger partial charge in [0.25, 0.3) is 0 Å². The van der Waals surface area contributed by atoms with Gasteiger partial charge in [0.2, 0.25) is 0 Å². The van der Waals surface area contributed by atoms with Crippen molar-refractivity contribution < 1.29 is 10.2 Å². The first-order valence-electron chi connectivity index (χ1n) is 7.71. The van der Waals surface area contributed by atoms with Gasteiger partial charge in [0.15, 0.2) is 0 Å². The molecule has 1 fully saturated rings. The van der Waals surface area contributed by atoms with Gasteiger partial charge in [-0.3, -0.25) is 5.32 Å². The van der Waals surface area contributed by atoms with Crippen LogP contribution in [0.2, 0.25) is 0 Å². The molecule has 0 radical (unpaired) electrons. The van der Waals surface area contributed by atoms with E-state index in [9.17, 15) is 10.2 Å². The molecule has 7 N–H and O–H groups in total. The summed E-state index contributed by atoms with van der Waals surface area (Å²) in [6.45, 7) is 0.651. The molecule has 0 spiro atoms. The summed E-state index contributed by atoms with van der Waals surface area (Å²) in [4.78, 5) is 0. The Hall–Kier alpha value is -0.200. The largest absolute Gasteiger partial charge is 0.379 e. The molecule has 0 aliphatic heterocycles. The Morgan fingerprint density at radius 3 is 2.37 bits per heavy atom. The van der Waals surface area contributed by atoms with Gasteiger partial charge < -0.3 is 21.7 Å². The van der Waals surface area contributed by atoms with Gasteiger partial charge in [0.1, 0.15) is 12.5 Å². The first-order chi connectivity index (χ1) is 9.13. The number of nitrogens with one attached hydrogen (secondary N) is 1. The van der Waals surface area contributed by atoms with Crippen molar-refractivity contribution in [2.24, 2.45) is 17.4 Å². The van der Waals surface area contributed by atoms with E-state index in [1.165, 1.54) is 32.1 Å². The molecular weight excluding hydrogens is 242 g/mol. The Morgan fingerprint density at radius 2 is 1.79 bits per heavy atom. The van der Waals surface area contributed by atoms with Gasteiger partial charge >= 0.3 is 0 Å². The second-order valence-electron chi connectivity index (χ2n) is 5.80. The van der Waals surface area contributed by atoms with Crippen LogP contribution in [0.5, 0.6) is 0 Å². The molecule has 0 aromatic carbocycles. The second kappa shape index (κ2) is 9.66. The zero-order valence-electron chi connectivity index (χ0n) is 11.9. The Kier molecular flexibility index (Phi) is 8.57.